The normalized spacial score (nSPS) is 13.8. The summed E-state index contributed by atoms with van der Waals surface area (Å²) in [4.78, 5) is 0. The van der Waals surface area contributed by atoms with E-state index in [1.807, 2.05) is 13.8 Å². The van der Waals surface area contributed by atoms with E-state index in [-0.39, 0.29) is 25.0 Å². The molecule has 2 unspecified atom stereocenters. The predicted molar refractivity (Wildman–Crippen MR) is 100 cm³/mol. The Morgan fingerprint density at radius 1 is 0.750 bits per heavy atom. The van der Waals surface area contributed by atoms with Crippen LogP contribution in [0.1, 0.15) is 36.8 Å². The maximum Gasteiger partial charge on any atom is 0.0497 e. The molecular formula is C22H24O2. The van der Waals surface area contributed by atoms with Crippen LogP contribution in [-0.4, -0.2) is 23.4 Å². The molecule has 0 aromatic heterocycles. The quantitative estimate of drug-likeness (QED) is 0.715. The second-order valence-electron chi connectivity index (χ2n) is 6.58. The fraction of sp³-hybridized carbons (Fsp3) is 0.273. The average molecular weight is 320 g/mol. The number of aliphatic hydroxyl groups excluding tert-OH is 2. The van der Waals surface area contributed by atoms with Crippen molar-refractivity contribution in [3.05, 3.63) is 71.8 Å². The molecule has 2 N–H and O–H groups in total. The summed E-state index contributed by atoms with van der Waals surface area (Å²) in [6, 6.07) is 21.1. The lowest BCUT2D eigenvalue weighted by molar-refractivity contribution is 0.270. The minimum atomic E-state index is 0.0737. The fourth-order valence-corrected chi connectivity index (χ4v) is 3.09. The van der Waals surface area contributed by atoms with Crippen molar-refractivity contribution in [1.29, 1.82) is 0 Å². The SMILES string of the molecule is CC(CO)c1cc(-c2cccc3ccccc23)cc(C(C)CO)c1. The molecule has 0 amide bonds. The molecule has 0 aliphatic rings. The summed E-state index contributed by atoms with van der Waals surface area (Å²) in [6.07, 6.45) is 0. The zero-order chi connectivity index (χ0) is 17.1. The van der Waals surface area contributed by atoms with Crippen molar-refractivity contribution in [3.63, 3.8) is 0 Å². The second-order valence-corrected chi connectivity index (χ2v) is 6.58. The van der Waals surface area contributed by atoms with Crippen LogP contribution in [0.4, 0.5) is 0 Å². The third-order valence-electron chi connectivity index (χ3n) is 4.76. The molecule has 124 valence electrons. The van der Waals surface area contributed by atoms with Gasteiger partial charge < -0.3 is 10.2 Å². The highest BCUT2D eigenvalue weighted by molar-refractivity contribution is 5.96. The van der Waals surface area contributed by atoms with Crippen LogP contribution in [-0.2, 0) is 0 Å². The Labute approximate surface area is 143 Å². The molecule has 0 aliphatic heterocycles. The van der Waals surface area contributed by atoms with Crippen molar-refractivity contribution >= 4 is 10.8 Å². The fourth-order valence-electron chi connectivity index (χ4n) is 3.09. The van der Waals surface area contributed by atoms with Crippen LogP contribution in [0.15, 0.2) is 60.7 Å². The molecule has 0 spiro atoms. The Morgan fingerprint density at radius 3 is 1.96 bits per heavy atom. The van der Waals surface area contributed by atoms with Gasteiger partial charge in [-0.05, 0) is 33.0 Å². The van der Waals surface area contributed by atoms with Gasteiger partial charge in [-0.1, -0.05) is 74.5 Å². The Hall–Kier alpha value is -2.16. The maximum absolute atomic E-state index is 9.56. The van der Waals surface area contributed by atoms with Crippen LogP contribution >= 0.6 is 0 Å². The largest absolute Gasteiger partial charge is 0.396 e. The molecule has 0 saturated heterocycles. The third-order valence-corrected chi connectivity index (χ3v) is 4.76. The van der Waals surface area contributed by atoms with E-state index in [1.165, 1.54) is 16.3 Å². The lowest BCUT2D eigenvalue weighted by Crippen LogP contribution is -2.04. The van der Waals surface area contributed by atoms with E-state index in [4.69, 9.17) is 0 Å². The summed E-state index contributed by atoms with van der Waals surface area (Å²) in [7, 11) is 0. The van der Waals surface area contributed by atoms with Gasteiger partial charge in [-0.15, -0.1) is 0 Å². The van der Waals surface area contributed by atoms with Crippen LogP contribution in [0.3, 0.4) is 0 Å². The van der Waals surface area contributed by atoms with E-state index >= 15 is 0 Å². The Balaban J connectivity index is 2.22. The van der Waals surface area contributed by atoms with E-state index in [0.29, 0.717) is 0 Å². The first-order valence-electron chi connectivity index (χ1n) is 8.48. The maximum atomic E-state index is 9.56. The topological polar surface area (TPSA) is 40.5 Å². The van der Waals surface area contributed by atoms with Crippen LogP contribution < -0.4 is 0 Å². The van der Waals surface area contributed by atoms with Gasteiger partial charge in [-0.25, -0.2) is 0 Å². The lowest BCUT2D eigenvalue weighted by Gasteiger charge is -2.17. The summed E-state index contributed by atoms with van der Waals surface area (Å²) in [5.41, 5.74) is 4.54. The number of hydrogen-bond acceptors (Lipinski definition) is 2. The van der Waals surface area contributed by atoms with Crippen LogP contribution in [0, 0.1) is 0 Å². The predicted octanol–water partition coefficient (Wildman–Crippen LogP) is 4.70. The van der Waals surface area contributed by atoms with E-state index in [1.54, 1.807) is 0 Å². The second kappa shape index (κ2) is 7.16. The molecule has 3 aromatic carbocycles. The van der Waals surface area contributed by atoms with Gasteiger partial charge in [-0.2, -0.15) is 0 Å². The van der Waals surface area contributed by atoms with Gasteiger partial charge in [-0.3, -0.25) is 0 Å². The molecule has 0 radical (unpaired) electrons. The minimum Gasteiger partial charge on any atom is -0.396 e. The van der Waals surface area contributed by atoms with Gasteiger partial charge >= 0.3 is 0 Å². The van der Waals surface area contributed by atoms with Gasteiger partial charge in [0.2, 0.25) is 0 Å². The smallest absolute Gasteiger partial charge is 0.0497 e. The number of fused-ring (bicyclic) bond motifs is 1. The lowest BCUT2D eigenvalue weighted by atomic mass is 9.89. The molecule has 3 aromatic rings. The molecule has 0 bridgehead atoms. The van der Waals surface area contributed by atoms with Crippen LogP contribution in [0.25, 0.3) is 21.9 Å². The Kier molecular flexibility index (Phi) is 4.98. The summed E-state index contributed by atoms with van der Waals surface area (Å²) >= 11 is 0. The monoisotopic (exact) mass is 320 g/mol. The Morgan fingerprint density at radius 2 is 1.33 bits per heavy atom. The van der Waals surface area contributed by atoms with Crippen LogP contribution in [0.2, 0.25) is 0 Å². The molecule has 24 heavy (non-hydrogen) atoms. The molecule has 2 atom stereocenters. The molecule has 2 heteroatoms. The third kappa shape index (κ3) is 3.21. The molecule has 2 nitrogen and oxygen atoms in total. The molecular weight excluding hydrogens is 296 g/mol. The summed E-state index contributed by atoms with van der Waals surface area (Å²) in [5, 5.41) is 21.6. The highest BCUT2D eigenvalue weighted by Gasteiger charge is 2.13. The molecule has 0 fully saturated rings. The zero-order valence-electron chi connectivity index (χ0n) is 14.2. The van der Waals surface area contributed by atoms with Crippen molar-refractivity contribution in [2.24, 2.45) is 0 Å². The highest BCUT2D eigenvalue weighted by atomic mass is 16.3. The highest BCUT2D eigenvalue weighted by Crippen LogP contribution is 2.33. The number of rotatable bonds is 5. The molecule has 0 heterocycles. The van der Waals surface area contributed by atoms with Gasteiger partial charge in [0, 0.05) is 25.0 Å². The zero-order valence-corrected chi connectivity index (χ0v) is 14.2. The number of aliphatic hydroxyl groups is 2. The first-order valence-corrected chi connectivity index (χ1v) is 8.48. The van der Waals surface area contributed by atoms with Gasteiger partial charge in [0.1, 0.15) is 0 Å². The number of hydrogen-bond donors (Lipinski definition) is 2. The first kappa shape index (κ1) is 16.7. The van der Waals surface area contributed by atoms with E-state index in [9.17, 15) is 10.2 Å². The average Bonchev–Trinajstić information content (AvgIpc) is 2.65. The van der Waals surface area contributed by atoms with Gasteiger partial charge in [0.15, 0.2) is 0 Å². The van der Waals surface area contributed by atoms with Crippen molar-refractivity contribution in [2.45, 2.75) is 25.7 Å². The van der Waals surface area contributed by atoms with Gasteiger partial charge in [0.25, 0.3) is 0 Å². The van der Waals surface area contributed by atoms with Crippen molar-refractivity contribution in [2.75, 3.05) is 13.2 Å². The van der Waals surface area contributed by atoms with E-state index < -0.39 is 0 Å². The first-order chi connectivity index (χ1) is 11.6. The summed E-state index contributed by atoms with van der Waals surface area (Å²) < 4.78 is 0. The van der Waals surface area contributed by atoms with Gasteiger partial charge in [0.05, 0.1) is 0 Å². The minimum absolute atomic E-state index is 0.0737. The summed E-state index contributed by atoms with van der Waals surface area (Å²) in [6.45, 7) is 4.28. The van der Waals surface area contributed by atoms with Crippen molar-refractivity contribution in [3.8, 4) is 11.1 Å². The van der Waals surface area contributed by atoms with Crippen LogP contribution in [0.5, 0.6) is 0 Å². The van der Waals surface area contributed by atoms with Crippen molar-refractivity contribution < 1.29 is 10.2 Å². The molecule has 0 aliphatic carbocycles. The molecule has 0 saturated carbocycles. The van der Waals surface area contributed by atoms with E-state index in [2.05, 4.69) is 60.7 Å². The number of benzene rings is 3. The standard InChI is InChI=1S/C22H24O2/c1-15(13-23)18-10-19(16(2)14-24)12-20(11-18)22-9-5-7-17-6-3-4-8-21(17)22/h3-12,15-16,23-24H,13-14H2,1-2H3. The summed E-state index contributed by atoms with van der Waals surface area (Å²) in [5.74, 6) is 0.147. The molecule has 3 rings (SSSR count). The van der Waals surface area contributed by atoms with Crippen molar-refractivity contribution in [1.82, 2.24) is 0 Å². The van der Waals surface area contributed by atoms with E-state index in [0.717, 1.165) is 16.7 Å². The Bertz CT molecular complexity index is 805.